The Morgan fingerprint density at radius 1 is 1.32 bits per heavy atom. The molecule has 2 atom stereocenters. The summed E-state index contributed by atoms with van der Waals surface area (Å²) in [6.07, 6.45) is -7.86. The summed E-state index contributed by atoms with van der Waals surface area (Å²) in [6.45, 7) is 0. The summed E-state index contributed by atoms with van der Waals surface area (Å²) in [5, 5.41) is 27.9. The summed E-state index contributed by atoms with van der Waals surface area (Å²) >= 11 is 5.37. The quantitative estimate of drug-likeness (QED) is 0.839. The standard InChI is InChI=1S/C12H11ClF3NO2/c13-4-3-10(18)11(19)8-2-1-7(6-17)5-9(8)12(14,15)16/h1-2,5,10-11,18-19H,3-4H2. The van der Waals surface area contributed by atoms with E-state index >= 15 is 0 Å². The largest absolute Gasteiger partial charge is 0.416 e. The molecule has 0 aliphatic rings. The van der Waals surface area contributed by atoms with Crippen molar-refractivity contribution >= 4 is 11.6 Å². The van der Waals surface area contributed by atoms with Crippen LogP contribution in [0.3, 0.4) is 0 Å². The van der Waals surface area contributed by atoms with E-state index in [0.29, 0.717) is 6.07 Å². The van der Waals surface area contributed by atoms with Gasteiger partial charge in [-0.25, -0.2) is 0 Å². The lowest BCUT2D eigenvalue weighted by molar-refractivity contribution is -0.140. The van der Waals surface area contributed by atoms with Crippen molar-refractivity contribution in [2.45, 2.75) is 24.8 Å². The zero-order valence-electron chi connectivity index (χ0n) is 9.65. The zero-order chi connectivity index (χ0) is 14.6. The minimum absolute atomic E-state index is 0.00978. The van der Waals surface area contributed by atoms with Crippen molar-refractivity contribution in [1.29, 1.82) is 5.26 Å². The van der Waals surface area contributed by atoms with Crippen LogP contribution in [0.15, 0.2) is 18.2 Å². The van der Waals surface area contributed by atoms with Crippen LogP contribution in [0.2, 0.25) is 0 Å². The number of halogens is 4. The highest BCUT2D eigenvalue weighted by Crippen LogP contribution is 2.36. The van der Waals surface area contributed by atoms with Gasteiger partial charge in [0.1, 0.15) is 6.10 Å². The summed E-state index contributed by atoms with van der Waals surface area (Å²) in [7, 11) is 0. The zero-order valence-corrected chi connectivity index (χ0v) is 10.4. The molecule has 1 aromatic rings. The molecule has 0 amide bonds. The lowest BCUT2D eigenvalue weighted by atomic mass is 9.95. The van der Waals surface area contributed by atoms with Gasteiger partial charge in [-0.05, 0) is 24.1 Å². The molecule has 1 rings (SSSR count). The van der Waals surface area contributed by atoms with E-state index in [9.17, 15) is 23.4 Å². The summed E-state index contributed by atoms with van der Waals surface area (Å²) in [4.78, 5) is 0. The van der Waals surface area contributed by atoms with Crippen molar-refractivity contribution < 1.29 is 23.4 Å². The summed E-state index contributed by atoms with van der Waals surface area (Å²) < 4.78 is 38.5. The molecule has 7 heteroatoms. The van der Waals surface area contributed by atoms with E-state index in [4.69, 9.17) is 16.9 Å². The average molecular weight is 294 g/mol. The highest BCUT2D eigenvalue weighted by Gasteiger charge is 2.36. The molecular formula is C12H11ClF3NO2. The number of aliphatic hydroxyl groups is 2. The second-order valence-electron chi connectivity index (χ2n) is 3.90. The Kier molecular flexibility index (Phi) is 5.18. The molecule has 0 heterocycles. The molecular weight excluding hydrogens is 283 g/mol. The van der Waals surface area contributed by atoms with E-state index < -0.39 is 29.5 Å². The Balaban J connectivity index is 3.24. The van der Waals surface area contributed by atoms with Crippen LogP contribution >= 0.6 is 11.6 Å². The van der Waals surface area contributed by atoms with E-state index in [1.807, 2.05) is 0 Å². The first-order chi connectivity index (χ1) is 8.81. The molecule has 0 saturated heterocycles. The van der Waals surface area contributed by atoms with Crippen LogP contribution in [0.5, 0.6) is 0 Å². The van der Waals surface area contributed by atoms with Crippen molar-refractivity contribution in [2.75, 3.05) is 5.88 Å². The lowest BCUT2D eigenvalue weighted by Crippen LogP contribution is -2.22. The third-order valence-electron chi connectivity index (χ3n) is 2.58. The normalized spacial score (nSPS) is 14.8. The smallest absolute Gasteiger partial charge is 0.390 e. The molecule has 0 saturated carbocycles. The third-order valence-corrected chi connectivity index (χ3v) is 2.79. The maximum Gasteiger partial charge on any atom is 0.416 e. The first-order valence-electron chi connectivity index (χ1n) is 5.34. The number of hydrogen-bond donors (Lipinski definition) is 2. The Morgan fingerprint density at radius 2 is 1.95 bits per heavy atom. The predicted molar refractivity (Wildman–Crippen MR) is 62.5 cm³/mol. The number of nitriles is 1. The van der Waals surface area contributed by atoms with Gasteiger partial charge in [0, 0.05) is 5.88 Å². The summed E-state index contributed by atoms with van der Waals surface area (Å²) in [5.41, 5.74) is -1.77. The first kappa shape index (κ1) is 15.8. The molecule has 3 nitrogen and oxygen atoms in total. The van der Waals surface area contributed by atoms with Crippen LogP contribution in [0.1, 0.15) is 29.2 Å². The van der Waals surface area contributed by atoms with Gasteiger partial charge in [-0.15, -0.1) is 11.6 Å². The van der Waals surface area contributed by atoms with Crippen molar-refractivity contribution in [2.24, 2.45) is 0 Å². The maximum atomic E-state index is 12.8. The molecule has 0 aliphatic heterocycles. The highest BCUT2D eigenvalue weighted by atomic mass is 35.5. The summed E-state index contributed by atoms with van der Waals surface area (Å²) in [6, 6.07) is 4.38. The van der Waals surface area contributed by atoms with Gasteiger partial charge in [0.2, 0.25) is 0 Å². The van der Waals surface area contributed by atoms with Gasteiger partial charge in [0.15, 0.2) is 0 Å². The van der Waals surface area contributed by atoms with Crippen molar-refractivity contribution in [3.63, 3.8) is 0 Å². The van der Waals surface area contributed by atoms with Crippen LogP contribution in [0, 0.1) is 11.3 Å². The number of rotatable bonds is 4. The molecule has 104 valence electrons. The average Bonchev–Trinajstić information content (AvgIpc) is 2.36. The maximum absolute atomic E-state index is 12.8. The topological polar surface area (TPSA) is 64.2 Å². The molecule has 0 fully saturated rings. The van der Waals surface area contributed by atoms with Gasteiger partial charge in [0.05, 0.1) is 23.3 Å². The fourth-order valence-corrected chi connectivity index (χ4v) is 1.83. The van der Waals surface area contributed by atoms with Crippen molar-refractivity contribution in [1.82, 2.24) is 0 Å². The second kappa shape index (κ2) is 6.24. The van der Waals surface area contributed by atoms with Gasteiger partial charge in [0.25, 0.3) is 0 Å². The fraction of sp³-hybridized carbons (Fsp3) is 0.417. The number of benzene rings is 1. The van der Waals surface area contributed by atoms with E-state index in [1.165, 1.54) is 0 Å². The molecule has 0 aliphatic carbocycles. The monoisotopic (exact) mass is 293 g/mol. The van der Waals surface area contributed by atoms with Crippen LogP contribution in [-0.2, 0) is 6.18 Å². The minimum atomic E-state index is -4.72. The van der Waals surface area contributed by atoms with E-state index in [0.717, 1.165) is 12.1 Å². The molecule has 19 heavy (non-hydrogen) atoms. The molecule has 1 aromatic carbocycles. The van der Waals surface area contributed by atoms with Crippen LogP contribution in [0.4, 0.5) is 13.2 Å². The first-order valence-corrected chi connectivity index (χ1v) is 5.88. The van der Waals surface area contributed by atoms with E-state index in [-0.39, 0.29) is 17.9 Å². The van der Waals surface area contributed by atoms with Gasteiger partial charge >= 0.3 is 6.18 Å². The molecule has 0 bridgehead atoms. The van der Waals surface area contributed by atoms with Crippen molar-refractivity contribution in [3.8, 4) is 6.07 Å². The second-order valence-corrected chi connectivity index (χ2v) is 4.28. The Bertz CT molecular complexity index is 485. The molecule has 0 spiro atoms. The predicted octanol–water partition coefficient (Wildman–Crippen LogP) is 2.60. The Labute approximate surface area is 112 Å². The molecule has 0 aromatic heterocycles. The number of nitrogens with zero attached hydrogens (tertiary/aromatic N) is 1. The Hall–Kier alpha value is -1.29. The van der Waals surface area contributed by atoms with E-state index in [2.05, 4.69) is 0 Å². The third kappa shape index (κ3) is 3.83. The van der Waals surface area contributed by atoms with Gasteiger partial charge < -0.3 is 10.2 Å². The Morgan fingerprint density at radius 3 is 2.42 bits per heavy atom. The minimum Gasteiger partial charge on any atom is -0.390 e. The fourth-order valence-electron chi connectivity index (χ4n) is 1.61. The SMILES string of the molecule is N#Cc1ccc(C(O)C(O)CCCl)c(C(F)(F)F)c1. The van der Waals surface area contributed by atoms with Gasteiger partial charge in [-0.3, -0.25) is 0 Å². The molecule has 0 radical (unpaired) electrons. The van der Waals surface area contributed by atoms with E-state index in [1.54, 1.807) is 6.07 Å². The van der Waals surface area contributed by atoms with Crippen LogP contribution in [-0.4, -0.2) is 22.2 Å². The van der Waals surface area contributed by atoms with Gasteiger partial charge in [-0.1, -0.05) is 6.07 Å². The number of aliphatic hydroxyl groups excluding tert-OH is 2. The summed E-state index contributed by atoms with van der Waals surface area (Å²) in [5.74, 6) is 0.00978. The van der Waals surface area contributed by atoms with Crippen LogP contribution in [0.25, 0.3) is 0 Å². The lowest BCUT2D eigenvalue weighted by Gasteiger charge is -2.21. The van der Waals surface area contributed by atoms with Crippen LogP contribution < -0.4 is 0 Å². The van der Waals surface area contributed by atoms with Gasteiger partial charge in [-0.2, -0.15) is 18.4 Å². The molecule has 2 N–H and O–H groups in total. The van der Waals surface area contributed by atoms with Crippen molar-refractivity contribution in [3.05, 3.63) is 34.9 Å². The highest BCUT2D eigenvalue weighted by molar-refractivity contribution is 6.17. The molecule has 2 unspecified atom stereocenters. The number of hydrogen-bond acceptors (Lipinski definition) is 3. The number of alkyl halides is 4.